The number of hydrogen-bond donors (Lipinski definition) is 0. The molecule has 0 saturated heterocycles. The van der Waals surface area contributed by atoms with Crippen LogP contribution in [0.4, 0.5) is 0 Å². The van der Waals surface area contributed by atoms with E-state index < -0.39 is 0 Å². The zero-order valence-electron chi connectivity index (χ0n) is 7.77. The molecule has 0 amide bonds. The molecule has 0 radical (unpaired) electrons. The topological polar surface area (TPSA) is 46.5 Å². The number of nitrogens with zero attached hydrogens (tertiary/aromatic N) is 1. The molecular formula is C11H11NO2. The van der Waals surface area contributed by atoms with Crippen LogP contribution >= 0.6 is 0 Å². The third kappa shape index (κ3) is 1.47. The summed E-state index contributed by atoms with van der Waals surface area (Å²) in [5, 5.41) is 0. The van der Waals surface area contributed by atoms with E-state index in [1.165, 1.54) is 0 Å². The lowest BCUT2D eigenvalue weighted by Crippen LogP contribution is -2.30. The molecule has 72 valence electrons. The van der Waals surface area contributed by atoms with Gasteiger partial charge in [0, 0.05) is 12.3 Å². The van der Waals surface area contributed by atoms with Crippen molar-refractivity contribution in [3.63, 3.8) is 0 Å². The van der Waals surface area contributed by atoms with Crippen molar-refractivity contribution in [1.29, 1.82) is 0 Å². The maximum atomic E-state index is 11.6. The van der Waals surface area contributed by atoms with Crippen molar-refractivity contribution in [3.8, 4) is 0 Å². The van der Waals surface area contributed by atoms with Gasteiger partial charge in [0.1, 0.15) is 5.78 Å². The van der Waals surface area contributed by atoms with E-state index in [-0.39, 0.29) is 17.7 Å². The van der Waals surface area contributed by atoms with Crippen LogP contribution in [0.25, 0.3) is 0 Å². The molecule has 2 aliphatic rings. The van der Waals surface area contributed by atoms with Crippen LogP contribution < -0.4 is 0 Å². The van der Waals surface area contributed by atoms with Gasteiger partial charge in [-0.1, -0.05) is 18.2 Å². The molecule has 3 nitrogen and oxygen atoms in total. The Kier molecular flexibility index (Phi) is 2.42. The van der Waals surface area contributed by atoms with Gasteiger partial charge in [0.15, 0.2) is 0 Å². The highest BCUT2D eigenvalue weighted by molar-refractivity contribution is 5.86. The standard InChI is InChI=1S/C11H11NO2/c13-7-12-10-5-6-11(14)9-4-2-1-3-8(9)10/h1-3,9-10H,4-6H2. The van der Waals surface area contributed by atoms with Crippen molar-refractivity contribution < 1.29 is 9.59 Å². The Morgan fingerprint density at radius 3 is 3.14 bits per heavy atom. The van der Waals surface area contributed by atoms with Gasteiger partial charge < -0.3 is 0 Å². The second-order valence-corrected chi connectivity index (χ2v) is 3.62. The average molecular weight is 189 g/mol. The Morgan fingerprint density at radius 1 is 1.50 bits per heavy atom. The van der Waals surface area contributed by atoms with Crippen LogP contribution in [0.3, 0.4) is 0 Å². The fraction of sp³-hybridized carbons (Fsp3) is 0.455. The number of carbonyl (C=O) groups is 1. The summed E-state index contributed by atoms with van der Waals surface area (Å²) < 4.78 is 0. The maximum Gasteiger partial charge on any atom is 0.235 e. The molecule has 0 aliphatic heterocycles. The predicted octanol–water partition coefficient (Wildman–Crippen LogP) is 1.56. The van der Waals surface area contributed by atoms with Gasteiger partial charge in [0.25, 0.3) is 0 Å². The summed E-state index contributed by atoms with van der Waals surface area (Å²) in [5.74, 6) is 0.244. The van der Waals surface area contributed by atoms with Gasteiger partial charge in [0.05, 0.1) is 6.04 Å². The van der Waals surface area contributed by atoms with Crippen LogP contribution in [0.15, 0.2) is 28.8 Å². The van der Waals surface area contributed by atoms with Gasteiger partial charge in [0.2, 0.25) is 6.08 Å². The van der Waals surface area contributed by atoms with E-state index in [0.717, 1.165) is 12.0 Å². The quantitative estimate of drug-likeness (QED) is 0.464. The number of aliphatic imine (C=N–C) groups is 1. The molecule has 2 aliphatic carbocycles. The Bertz CT molecular complexity index is 361. The summed E-state index contributed by atoms with van der Waals surface area (Å²) in [6.07, 6.45) is 9.36. The van der Waals surface area contributed by atoms with Crippen LogP contribution in [-0.4, -0.2) is 17.9 Å². The van der Waals surface area contributed by atoms with Crippen LogP contribution in [-0.2, 0) is 9.59 Å². The Hall–Kier alpha value is -1.47. The Morgan fingerprint density at radius 2 is 2.36 bits per heavy atom. The van der Waals surface area contributed by atoms with E-state index in [9.17, 15) is 9.59 Å². The van der Waals surface area contributed by atoms with Gasteiger partial charge in [-0.15, -0.1) is 0 Å². The Balaban J connectivity index is 2.31. The number of carbonyl (C=O) groups excluding carboxylic acids is 2. The Labute approximate surface area is 82.2 Å². The molecule has 2 rings (SSSR count). The van der Waals surface area contributed by atoms with Crippen LogP contribution in [0.5, 0.6) is 0 Å². The first kappa shape index (κ1) is 9.10. The largest absolute Gasteiger partial charge is 0.299 e. The summed E-state index contributed by atoms with van der Waals surface area (Å²) in [6, 6.07) is -0.111. The molecule has 0 aromatic carbocycles. The molecule has 14 heavy (non-hydrogen) atoms. The number of fused-ring (bicyclic) bond motifs is 1. The van der Waals surface area contributed by atoms with E-state index in [1.807, 2.05) is 18.2 Å². The SMILES string of the molecule is O=C=NC1CCC(=O)C2CC=CC=C12. The van der Waals surface area contributed by atoms with E-state index in [4.69, 9.17) is 0 Å². The number of isocyanates is 1. The molecule has 2 atom stereocenters. The van der Waals surface area contributed by atoms with E-state index in [0.29, 0.717) is 12.8 Å². The number of hydrogen-bond acceptors (Lipinski definition) is 3. The molecule has 1 fully saturated rings. The number of ketones is 1. The summed E-state index contributed by atoms with van der Waals surface area (Å²) >= 11 is 0. The monoisotopic (exact) mass is 189 g/mol. The first-order chi connectivity index (χ1) is 6.83. The molecule has 0 aromatic heterocycles. The van der Waals surface area contributed by atoms with Crippen molar-refractivity contribution in [2.75, 3.05) is 0 Å². The van der Waals surface area contributed by atoms with Gasteiger partial charge in [-0.25, -0.2) is 4.79 Å². The fourth-order valence-corrected chi connectivity index (χ4v) is 2.13. The number of allylic oxidation sites excluding steroid dienone is 3. The summed E-state index contributed by atoms with van der Waals surface area (Å²) in [4.78, 5) is 25.5. The average Bonchev–Trinajstić information content (AvgIpc) is 2.23. The van der Waals surface area contributed by atoms with E-state index >= 15 is 0 Å². The fourth-order valence-electron chi connectivity index (χ4n) is 2.13. The molecule has 0 aromatic rings. The zero-order valence-corrected chi connectivity index (χ0v) is 7.77. The normalized spacial score (nSPS) is 30.3. The number of Topliss-reactive ketones (excluding diaryl/α,β-unsaturated/α-hetero) is 1. The first-order valence-corrected chi connectivity index (χ1v) is 4.79. The molecule has 0 N–H and O–H groups in total. The van der Waals surface area contributed by atoms with E-state index in [2.05, 4.69) is 4.99 Å². The third-order valence-electron chi connectivity index (χ3n) is 2.85. The lowest BCUT2D eigenvalue weighted by atomic mass is 9.76. The minimum absolute atomic E-state index is 0.0316. The maximum absolute atomic E-state index is 11.6. The highest BCUT2D eigenvalue weighted by atomic mass is 16.1. The molecule has 0 bridgehead atoms. The lowest BCUT2D eigenvalue weighted by Gasteiger charge is -2.29. The van der Waals surface area contributed by atoms with Gasteiger partial charge >= 0.3 is 0 Å². The van der Waals surface area contributed by atoms with Crippen molar-refractivity contribution in [2.45, 2.75) is 25.3 Å². The van der Waals surface area contributed by atoms with Gasteiger partial charge in [-0.3, -0.25) is 4.79 Å². The molecule has 3 heteroatoms. The zero-order chi connectivity index (χ0) is 9.97. The highest BCUT2D eigenvalue weighted by Gasteiger charge is 2.33. The second-order valence-electron chi connectivity index (χ2n) is 3.62. The van der Waals surface area contributed by atoms with Gasteiger partial charge in [-0.05, 0) is 18.4 Å². The third-order valence-corrected chi connectivity index (χ3v) is 2.85. The summed E-state index contributed by atoms with van der Waals surface area (Å²) in [5.41, 5.74) is 0.993. The smallest absolute Gasteiger partial charge is 0.235 e. The highest BCUT2D eigenvalue weighted by Crippen LogP contribution is 2.33. The van der Waals surface area contributed by atoms with Crippen molar-refractivity contribution in [1.82, 2.24) is 0 Å². The molecule has 1 saturated carbocycles. The summed E-state index contributed by atoms with van der Waals surface area (Å²) in [7, 11) is 0. The van der Waals surface area contributed by atoms with E-state index in [1.54, 1.807) is 6.08 Å². The minimum Gasteiger partial charge on any atom is -0.299 e. The molecule has 2 unspecified atom stereocenters. The molecule has 0 heterocycles. The van der Waals surface area contributed by atoms with Crippen molar-refractivity contribution >= 4 is 11.9 Å². The van der Waals surface area contributed by atoms with Crippen LogP contribution in [0.1, 0.15) is 19.3 Å². The first-order valence-electron chi connectivity index (χ1n) is 4.79. The predicted molar refractivity (Wildman–Crippen MR) is 51.5 cm³/mol. The minimum atomic E-state index is -0.111. The van der Waals surface area contributed by atoms with Crippen LogP contribution in [0, 0.1) is 5.92 Å². The van der Waals surface area contributed by atoms with Crippen LogP contribution in [0.2, 0.25) is 0 Å². The summed E-state index contributed by atoms with van der Waals surface area (Å²) in [6.45, 7) is 0. The number of rotatable bonds is 1. The lowest BCUT2D eigenvalue weighted by molar-refractivity contribution is -0.122. The van der Waals surface area contributed by atoms with Gasteiger partial charge in [-0.2, -0.15) is 4.99 Å². The van der Waals surface area contributed by atoms with Crippen molar-refractivity contribution in [2.24, 2.45) is 10.9 Å². The van der Waals surface area contributed by atoms with Crippen molar-refractivity contribution in [3.05, 3.63) is 23.8 Å². The molecule has 0 spiro atoms. The molecular weight excluding hydrogens is 178 g/mol. The second kappa shape index (κ2) is 3.72.